The minimum atomic E-state index is -0.891. The van der Waals surface area contributed by atoms with Gasteiger partial charge in [-0.2, -0.15) is 0 Å². The SMILES string of the molecule is CC1=CC(c2cc(/C=C/c3cc(O)cc(O)c3)c(O)cc2O)C(C(O)=C2CCC(=O)C=C2O)C(c2c#cc(O)cc2O)C1. The summed E-state index contributed by atoms with van der Waals surface area (Å²) in [7, 11) is 0. The van der Waals surface area contributed by atoms with Gasteiger partial charge in [0, 0.05) is 70.7 Å². The number of allylic oxidation sites excluding steroid dienone is 5. The molecule has 43 heavy (non-hydrogen) atoms. The van der Waals surface area contributed by atoms with Crippen molar-refractivity contribution in [3.8, 4) is 34.5 Å². The highest BCUT2D eigenvalue weighted by molar-refractivity contribution is 5.92. The summed E-state index contributed by atoms with van der Waals surface area (Å²) >= 11 is 0. The summed E-state index contributed by atoms with van der Waals surface area (Å²) in [5.41, 5.74) is 2.32. The van der Waals surface area contributed by atoms with Crippen LogP contribution in [0.5, 0.6) is 34.5 Å². The van der Waals surface area contributed by atoms with Crippen molar-refractivity contribution in [3.05, 3.63) is 106 Å². The van der Waals surface area contributed by atoms with Crippen molar-refractivity contribution in [2.75, 3.05) is 0 Å². The van der Waals surface area contributed by atoms with Crippen molar-refractivity contribution in [2.45, 2.75) is 38.0 Å². The van der Waals surface area contributed by atoms with Gasteiger partial charge in [0.15, 0.2) is 11.5 Å². The predicted molar refractivity (Wildman–Crippen MR) is 158 cm³/mol. The molecule has 8 N–H and O–H groups in total. The van der Waals surface area contributed by atoms with E-state index in [1.54, 1.807) is 6.08 Å². The molecule has 2 aliphatic rings. The van der Waals surface area contributed by atoms with Crippen LogP contribution in [0, 0.1) is 18.1 Å². The van der Waals surface area contributed by atoms with Crippen LogP contribution in [0.15, 0.2) is 71.2 Å². The number of carbonyl (C=O) groups excluding carboxylic acids is 1. The molecule has 0 radical (unpaired) electrons. The van der Waals surface area contributed by atoms with E-state index in [-0.39, 0.29) is 81.3 Å². The fraction of sp³-hybridized carbons (Fsp3) is 0.206. The quantitative estimate of drug-likeness (QED) is 0.0996. The molecule has 5 rings (SSSR count). The maximum atomic E-state index is 11.9. The molecule has 0 fully saturated rings. The molecule has 0 spiro atoms. The van der Waals surface area contributed by atoms with Crippen LogP contribution in [-0.2, 0) is 4.79 Å². The maximum absolute atomic E-state index is 11.9. The van der Waals surface area contributed by atoms with Gasteiger partial charge in [0.1, 0.15) is 40.3 Å². The second-order valence-electron chi connectivity index (χ2n) is 10.9. The van der Waals surface area contributed by atoms with Crippen LogP contribution in [0.3, 0.4) is 0 Å². The Kier molecular flexibility index (Phi) is 7.70. The number of hydrogen-bond donors (Lipinski definition) is 8. The van der Waals surface area contributed by atoms with E-state index < -0.39 is 17.8 Å². The summed E-state index contributed by atoms with van der Waals surface area (Å²) in [4.78, 5) is 11.9. The minimum Gasteiger partial charge on any atom is -0.512 e. The highest BCUT2D eigenvalue weighted by Gasteiger charge is 2.41. The van der Waals surface area contributed by atoms with Crippen molar-refractivity contribution in [3.63, 3.8) is 0 Å². The molecule has 3 aromatic carbocycles. The number of aliphatic hydroxyl groups excluding tert-OH is 2. The number of hydrogen-bond acceptors (Lipinski definition) is 9. The maximum Gasteiger partial charge on any atom is 0.171 e. The Morgan fingerprint density at radius 2 is 1.56 bits per heavy atom. The minimum absolute atomic E-state index is 0.0781. The first-order valence-corrected chi connectivity index (χ1v) is 13.6. The third-order valence-electron chi connectivity index (χ3n) is 7.84. The fourth-order valence-electron chi connectivity index (χ4n) is 5.91. The molecular weight excluding hydrogens is 552 g/mol. The van der Waals surface area contributed by atoms with Crippen molar-refractivity contribution >= 4 is 17.9 Å². The Bertz CT molecular complexity index is 1710. The Morgan fingerprint density at radius 1 is 0.837 bits per heavy atom. The molecule has 0 saturated carbocycles. The number of aromatic hydroxyl groups is 6. The molecule has 3 aromatic rings. The lowest BCUT2D eigenvalue weighted by molar-refractivity contribution is -0.115. The number of benzene rings is 2. The Hall–Kier alpha value is -5.49. The van der Waals surface area contributed by atoms with Crippen LogP contribution in [0.25, 0.3) is 12.2 Å². The number of phenols is 4. The van der Waals surface area contributed by atoms with Crippen LogP contribution < -0.4 is 0 Å². The number of rotatable bonds is 5. The van der Waals surface area contributed by atoms with Gasteiger partial charge >= 0.3 is 0 Å². The van der Waals surface area contributed by atoms with E-state index in [9.17, 15) is 45.6 Å². The molecule has 3 unspecified atom stereocenters. The molecule has 0 heterocycles. The Labute approximate surface area is 247 Å². The lowest BCUT2D eigenvalue weighted by atomic mass is 9.66. The topological polar surface area (TPSA) is 179 Å². The van der Waals surface area contributed by atoms with Gasteiger partial charge in [0.2, 0.25) is 0 Å². The summed E-state index contributed by atoms with van der Waals surface area (Å²) in [6.07, 6.45) is 6.49. The van der Waals surface area contributed by atoms with E-state index in [2.05, 4.69) is 12.1 Å². The second kappa shape index (κ2) is 11.4. The van der Waals surface area contributed by atoms with Gasteiger partial charge in [0.05, 0.1) is 0 Å². The smallest absolute Gasteiger partial charge is 0.171 e. The summed E-state index contributed by atoms with van der Waals surface area (Å²) in [5, 5.41) is 84.4. The van der Waals surface area contributed by atoms with Gasteiger partial charge in [-0.3, -0.25) is 4.79 Å². The lowest BCUT2D eigenvalue weighted by Gasteiger charge is -2.38. The molecule has 0 aromatic heterocycles. The number of phenolic OH excluding ortho intramolecular Hbond substituents is 4. The highest BCUT2D eigenvalue weighted by atomic mass is 16.3. The van der Waals surface area contributed by atoms with Crippen LogP contribution >= 0.6 is 0 Å². The van der Waals surface area contributed by atoms with Crippen molar-refractivity contribution in [1.82, 2.24) is 0 Å². The third kappa shape index (κ3) is 5.95. The van der Waals surface area contributed by atoms with Crippen LogP contribution in [0.2, 0.25) is 0 Å². The molecule has 0 saturated heterocycles. The molecule has 9 heteroatoms. The zero-order valence-corrected chi connectivity index (χ0v) is 23.1. The Morgan fingerprint density at radius 3 is 2.23 bits per heavy atom. The van der Waals surface area contributed by atoms with E-state index in [0.29, 0.717) is 17.5 Å². The monoisotopic (exact) mass is 582 g/mol. The van der Waals surface area contributed by atoms with Gasteiger partial charge in [-0.15, -0.1) is 0 Å². The van der Waals surface area contributed by atoms with Gasteiger partial charge < -0.3 is 40.9 Å². The summed E-state index contributed by atoms with van der Waals surface area (Å²) in [5.74, 6) is -4.60. The molecule has 2 aliphatic carbocycles. The van der Waals surface area contributed by atoms with Crippen molar-refractivity contribution in [2.24, 2.45) is 5.92 Å². The van der Waals surface area contributed by atoms with Crippen LogP contribution in [0.4, 0.5) is 0 Å². The first kappa shape index (κ1) is 29.0. The first-order chi connectivity index (χ1) is 20.4. The largest absolute Gasteiger partial charge is 0.512 e. The first-order valence-electron chi connectivity index (χ1n) is 13.6. The molecule has 3 atom stereocenters. The van der Waals surface area contributed by atoms with E-state index in [1.165, 1.54) is 30.3 Å². The number of ketones is 1. The average molecular weight is 583 g/mol. The van der Waals surface area contributed by atoms with Gasteiger partial charge in [-0.25, -0.2) is 0 Å². The van der Waals surface area contributed by atoms with E-state index >= 15 is 0 Å². The molecule has 0 amide bonds. The van der Waals surface area contributed by atoms with Gasteiger partial charge in [-0.05, 0) is 49.6 Å². The summed E-state index contributed by atoms with van der Waals surface area (Å²) in [6, 6.07) is 13.2. The summed E-state index contributed by atoms with van der Waals surface area (Å²) in [6.45, 7) is 1.85. The highest BCUT2D eigenvalue weighted by Crippen LogP contribution is 2.52. The average Bonchev–Trinajstić information content (AvgIpc) is 2.91. The van der Waals surface area contributed by atoms with Crippen LogP contribution in [-0.4, -0.2) is 46.6 Å². The standard InChI is InChI=1S/C34H30O9/c1-17-8-27(24-6-4-20(35)14-30(24)40)33(34(43)25-7-5-21(36)15-31(25)41)28(9-17)26-12-19(29(39)16-32(26)42)3-2-18-10-22(37)13-23(38)11-18/h2-3,9-16,27-28,33,35,37-43H,5,7-8H2,1H3/b3-2+,34-25?. The predicted octanol–water partition coefficient (Wildman–Crippen LogP) is 6.14. The summed E-state index contributed by atoms with van der Waals surface area (Å²) < 4.78 is 0. The second-order valence-corrected chi connectivity index (χ2v) is 10.9. The molecule has 0 aliphatic heterocycles. The van der Waals surface area contributed by atoms with Crippen molar-refractivity contribution in [1.29, 1.82) is 0 Å². The third-order valence-corrected chi connectivity index (χ3v) is 7.84. The number of carbonyl (C=O) groups is 1. The molecule has 220 valence electrons. The van der Waals surface area contributed by atoms with Crippen molar-refractivity contribution < 1.29 is 45.6 Å². The van der Waals surface area contributed by atoms with Crippen LogP contribution in [0.1, 0.15) is 60.3 Å². The molecule has 9 nitrogen and oxygen atoms in total. The van der Waals surface area contributed by atoms with E-state index in [1.807, 2.05) is 13.0 Å². The van der Waals surface area contributed by atoms with Gasteiger partial charge in [-0.1, -0.05) is 29.9 Å². The van der Waals surface area contributed by atoms with E-state index in [0.717, 1.165) is 23.8 Å². The fourth-order valence-corrected chi connectivity index (χ4v) is 5.91. The molecule has 0 bridgehead atoms. The lowest BCUT2D eigenvalue weighted by Crippen LogP contribution is -2.28. The normalized spacial score (nSPS) is 21.7. The Balaban J connectivity index is 1.67. The van der Waals surface area contributed by atoms with E-state index in [4.69, 9.17) is 0 Å². The molecular formula is C34H30O9. The van der Waals surface area contributed by atoms with Gasteiger partial charge in [0.25, 0.3) is 0 Å². The zero-order valence-electron chi connectivity index (χ0n) is 23.1. The number of aliphatic hydroxyl groups is 2. The zero-order chi connectivity index (χ0) is 31.0.